The predicted octanol–water partition coefficient (Wildman–Crippen LogP) is 4.86. The molecule has 0 saturated carbocycles. The third-order valence-corrected chi connectivity index (χ3v) is 5.38. The molecule has 0 aromatic heterocycles. The number of amides is 1. The Kier molecular flexibility index (Phi) is 8.33. The number of nitrogens with zero attached hydrogens (tertiary/aromatic N) is 1. The van der Waals surface area contributed by atoms with Gasteiger partial charge in [0.1, 0.15) is 11.5 Å². The van der Waals surface area contributed by atoms with Crippen LogP contribution in [0.3, 0.4) is 0 Å². The summed E-state index contributed by atoms with van der Waals surface area (Å²) >= 11 is 0. The highest BCUT2D eigenvalue weighted by Crippen LogP contribution is 2.27. The van der Waals surface area contributed by atoms with Gasteiger partial charge in [-0.1, -0.05) is 26.2 Å². The van der Waals surface area contributed by atoms with Crippen molar-refractivity contribution in [1.29, 1.82) is 0 Å². The van der Waals surface area contributed by atoms with Gasteiger partial charge in [-0.15, -0.1) is 0 Å². The SMILES string of the molecule is CCCCCCOc1ccc(N2CC(COc3ccc(C(=O)OC)cc3)CC2=O)cc1. The van der Waals surface area contributed by atoms with Crippen LogP contribution >= 0.6 is 0 Å². The summed E-state index contributed by atoms with van der Waals surface area (Å²) < 4.78 is 16.3. The van der Waals surface area contributed by atoms with Crippen LogP contribution in [0.15, 0.2) is 48.5 Å². The third-order valence-electron chi connectivity index (χ3n) is 5.38. The molecule has 2 aromatic rings. The molecule has 3 rings (SSSR count). The van der Waals surface area contributed by atoms with Gasteiger partial charge in [0.05, 0.1) is 25.9 Å². The molecule has 31 heavy (non-hydrogen) atoms. The molecule has 0 radical (unpaired) electrons. The number of unbranched alkanes of at least 4 members (excludes halogenated alkanes) is 3. The molecule has 1 unspecified atom stereocenters. The molecule has 1 aliphatic rings. The van der Waals surface area contributed by atoms with E-state index in [2.05, 4.69) is 6.92 Å². The highest BCUT2D eigenvalue weighted by atomic mass is 16.5. The van der Waals surface area contributed by atoms with Crippen molar-refractivity contribution in [2.75, 3.05) is 31.8 Å². The minimum atomic E-state index is -0.378. The molecule has 2 aromatic carbocycles. The Labute approximate surface area is 184 Å². The van der Waals surface area contributed by atoms with Crippen molar-refractivity contribution < 1.29 is 23.8 Å². The van der Waals surface area contributed by atoms with E-state index in [1.54, 1.807) is 29.2 Å². The van der Waals surface area contributed by atoms with Crippen LogP contribution in [0.5, 0.6) is 11.5 Å². The average molecular weight is 426 g/mol. The topological polar surface area (TPSA) is 65.1 Å². The van der Waals surface area contributed by atoms with E-state index in [0.717, 1.165) is 24.5 Å². The summed E-state index contributed by atoms with van der Waals surface area (Å²) in [7, 11) is 1.35. The van der Waals surface area contributed by atoms with Crippen molar-refractivity contribution >= 4 is 17.6 Å². The number of ether oxygens (including phenoxy) is 3. The Bertz CT molecular complexity index is 847. The summed E-state index contributed by atoms with van der Waals surface area (Å²) in [6.07, 6.45) is 5.16. The number of hydrogen-bond donors (Lipinski definition) is 0. The quantitative estimate of drug-likeness (QED) is 0.380. The second-order valence-corrected chi connectivity index (χ2v) is 7.80. The zero-order valence-corrected chi connectivity index (χ0v) is 18.3. The molecule has 1 amide bonds. The van der Waals surface area contributed by atoms with Crippen LogP contribution in [-0.2, 0) is 9.53 Å². The van der Waals surface area contributed by atoms with Crippen molar-refractivity contribution in [3.8, 4) is 11.5 Å². The maximum Gasteiger partial charge on any atom is 0.337 e. The van der Waals surface area contributed by atoms with E-state index in [4.69, 9.17) is 14.2 Å². The van der Waals surface area contributed by atoms with Crippen molar-refractivity contribution in [2.24, 2.45) is 5.92 Å². The van der Waals surface area contributed by atoms with Crippen LogP contribution in [0.1, 0.15) is 49.4 Å². The molecule has 1 heterocycles. The number of carbonyl (C=O) groups excluding carboxylic acids is 2. The average Bonchev–Trinajstić information content (AvgIpc) is 3.18. The van der Waals surface area contributed by atoms with Crippen molar-refractivity contribution in [3.05, 3.63) is 54.1 Å². The molecule has 1 fully saturated rings. The molecule has 6 nitrogen and oxygen atoms in total. The monoisotopic (exact) mass is 425 g/mol. The number of carbonyl (C=O) groups is 2. The number of benzene rings is 2. The molecule has 6 heteroatoms. The fraction of sp³-hybridized carbons (Fsp3) is 0.440. The minimum absolute atomic E-state index is 0.0999. The van der Waals surface area contributed by atoms with E-state index in [-0.39, 0.29) is 17.8 Å². The molecule has 0 spiro atoms. The lowest BCUT2D eigenvalue weighted by Gasteiger charge is -2.17. The Balaban J connectivity index is 1.47. The van der Waals surface area contributed by atoms with Gasteiger partial charge in [0.15, 0.2) is 0 Å². The van der Waals surface area contributed by atoms with Gasteiger partial charge in [-0.05, 0) is 55.0 Å². The fourth-order valence-electron chi connectivity index (χ4n) is 3.60. The zero-order chi connectivity index (χ0) is 22.1. The zero-order valence-electron chi connectivity index (χ0n) is 18.3. The van der Waals surface area contributed by atoms with E-state index < -0.39 is 0 Å². The van der Waals surface area contributed by atoms with Gasteiger partial charge < -0.3 is 19.1 Å². The first-order chi connectivity index (χ1) is 15.1. The molecule has 1 saturated heterocycles. The first-order valence-corrected chi connectivity index (χ1v) is 10.9. The number of methoxy groups -OCH3 is 1. The Hall–Kier alpha value is -3.02. The summed E-state index contributed by atoms with van der Waals surface area (Å²) in [5.41, 5.74) is 1.36. The Morgan fingerprint density at radius 3 is 2.32 bits per heavy atom. The third kappa shape index (κ3) is 6.48. The van der Waals surface area contributed by atoms with E-state index in [1.165, 1.54) is 26.4 Å². The minimum Gasteiger partial charge on any atom is -0.494 e. The highest BCUT2D eigenvalue weighted by molar-refractivity contribution is 5.95. The lowest BCUT2D eigenvalue weighted by Crippen LogP contribution is -2.25. The van der Waals surface area contributed by atoms with Gasteiger partial charge in [-0.3, -0.25) is 4.79 Å². The number of rotatable bonds is 11. The molecule has 0 aliphatic carbocycles. The van der Waals surface area contributed by atoms with E-state index in [9.17, 15) is 9.59 Å². The first kappa shape index (κ1) is 22.7. The smallest absolute Gasteiger partial charge is 0.337 e. The van der Waals surface area contributed by atoms with Gasteiger partial charge in [0, 0.05) is 24.6 Å². The van der Waals surface area contributed by atoms with Gasteiger partial charge >= 0.3 is 5.97 Å². The molecule has 0 bridgehead atoms. The largest absolute Gasteiger partial charge is 0.494 e. The Morgan fingerprint density at radius 1 is 0.968 bits per heavy atom. The predicted molar refractivity (Wildman–Crippen MR) is 120 cm³/mol. The van der Waals surface area contributed by atoms with Gasteiger partial charge in [-0.2, -0.15) is 0 Å². The van der Waals surface area contributed by atoms with Crippen LogP contribution in [0.4, 0.5) is 5.69 Å². The second kappa shape index (κ2) is 11.4. The highest BCUT2D eigenvalue weighted by Gasteiger charge is 2.31. The van der Waals surface area contributed by atoms with Gasteiger partial charge in [0.2, 0.25) is 5.91 Å². The Morgan fingerprint density at radius 2 is 1.65 bits per heavy atom. The van der Waals surface area contributed by atoms with Gasteiger partial charge in [-0.25, -0.2) is 4.79 Å². The molecular weight excluding hydrogens is 394 g/mol. The van der Waals surface area contributed by atoms with Crippen molar-refractivity contribution in [2.45, 2.75) is 39.0 Å². The molecular formula is C25H31NO5. The standard InChI is InChI=1S/C25H31NO5/c1-3-4-5-6-15-30-22-13-9-21(10-14-22)26-17-19(16-24(26)27)18-31-23-11-7-20(8-12-23)25(28)29-2/h7-14,19H,3-6,15-18H2,1-2H3. The lowest BCUT2D eigenvalue weighted by molar-refractivity contribution is -0.117. The van der Waals surface area contributed by atoms with E-state index >= 15 is 0 Å². The maximum absolute atomic E-state index is 12.5. The number of hydrogen-bond acceptors (Lipinski definition) is 5. The van der Waals surface area contributed by atoms with Crippen molar-refractivity contribution in [3.63, 3.8) is 0 Å². The van der Waals surface area contributed by atoms with Crippen LogP contribution in [0.25, 0.3) is 0 Å². The summed E-state index contributed by atoms with van der Waals surface area (Å²) in [6, 6.07) is 14.5. The summed E-state index contributed by atoms with van der Waals surface area (Å²) in [6.45, 7) is 3.98. The van der Waals surface area contributed by atoms with E-state index in [0.29, 0.717) is 30.9 Å². The molecule has 1 atom stereocenters. The maximum atomic E-state index is 12.5. The second-order valence-electron chi connectivity index (χ2n) is 7.80. The summed E-state index contributed by atoms with van der Waals surface area (Å²) in [4.78, 5) is 25.8. The van der Waals surface area contributed by atoms with E-state index in [1.807, 2.05) is 24.3 Å². The summed E-state index contributed by atoms with van der Waals surface area (Å²) in [5.74, 6) is 1.34. The number of esters is 1. The van der Waals surface area contributed by atoms with Crippen molar-refractivity contribution in [1.82, 2.24) is 0 Å². The summed E-state index contributed by atoms with van der Waals surface area (Å²) in [5, 5.41) is 0. The van der Waals surface area contributed by atoms with Crippen LogP contribution in [-0.4, -0.2) is 38.7 Å². The fourth-order valence-corrected chi connectivity index (χ4v) is 3.60. The first-order valence-electron chi connectivity index (χ1n) is 10.9. The molecule has 166 valence electrons. The normalized spacial score (nSPS) is 15.7. The lowest BCUT2D eigenvalue weighted by atomic mass is 10.1. The number of anilines is 1. The van der Waals surface area contributed by atoms with Crippen LogP contribution < -0.4 is 14.4 Å². The van der Waals surface area contributed by atoms with Crippen LogP contribution in [0.2, 0.25) is 0 Å². The van der Waals surface area contributed by atoms with Crippen LogP contribution in [0, 0.1) is 5.92 Å². The van der Waals surface area contributed by atoms with Gasteiger partial charge in [0.25, 0.3) is 0 Å². The molecule has 1 aliphatic heterocycles. The molecule has 0 N–H and O–H groups in total.